The van der Waals surface area contributed by atoms with E-state index in [1.807, 2.05) is 0 Å². The van der Waals surface area contributed by atoms with Gasteiger partial charge in [-0.2, -0.15) is 0 Å². The van der Waals surface area contributed by atoms with E-state index in [-0.39, 0.29) is 45.6 Å². The molecule has 0 spiro atoms. The van der Waals surface area contributed by atoms with Crippen molar-refractivity contribution in [2.75, 3.05) is 27.9 Å². The molecule has 0 aliphatic carbocycles. The molecule has 0 saturated carbocycles. The lowest BCUT2D eigenvalue weighted by molar-refractivity contribution is -0.117. The molecular formula is C33H29NO12. The smallest absolute Gasteiger partial charge is 0.361 e. The van der Waals surface area contributed by atoms with Crippen LogP contribution in [0.5, 0.6) is 34.5 Å². The minimum Gasteiger partial charge on any atom is -0.504 e. The summed E-state index contributed by atoms with van der Waals surface area (Å²) in [7, 11) is 4.28. The zero-order chi connectivity index (χ0) is 32.4. The standard InChI is InChI=1S/C33H29NO12/c1-41-21-9-15(4-5-18(21)36)26-27-17-11-23(43-3)24(45-33-31(39)30(38)25(13-35)46-33)12-20(17)44-32(40)29(27)34-7-6-14-8-19(37)22(42-2)10-16(14)28(26)34/h4-12,25,30-31,33,35-39H,13H2,1-3H3/t25-,30-,31-,33-/m1/s1. The predicted octanol–water partition coefficient (Wildman–Crippen LogP) is 3.27. The Hall–Kier alpha value is -5.21. The Balaban J connectivity index is 1.57. The summed E-state index contributed by atoms with van der Waals surface area (Å²) in [6.07, 6.45) is -3.55. The number of fused-ring (bicyclic) bond motifs is 7. The third-order valence-corrected chi connectivity index (χ3v) is 8.36. The molecule has 1 saturated heterocycles. The lowest BCUT2D eigenvalue weighted by Crippen LogP contribution is -2.35. The van der Waals surface area contributed by atoms with Crippen LogP contribution in [0.2, 0.25) is 0 Å². The summed E-state index contributed by atoms with van der Waals surface area (Å²) in [5.41, 5.74) is 1.41. The van der Waals surface area contributed by atoms with Crippen molar-refractivity contribution >= 4 is 38.2 Å². The van der Waals surface area contributed by atoms with Crippen molar-refractivity contribution in [1.29, 1.82) is 0 Å². The van der Waals surface area contributed by atoms with Gasteiger partial charge in [-0.05, 0) is 47.3 Å². The number of methoxy groups -OCH3 is 3. The highest BCUT2D eigenvalue weighted by Gasteiger charge is 2.44. The van der Waals surface area contributed by atoms with Crippen LogP contribution < -0.4 is 24.6 Å². The van der Waals surface area contributed by atoms with Gasteiger partial charge in [0.2, 0.25) is 6.29 Å². The van der Waals surface area contributed by atoms with Crippen molar-refractivity contribution in [1.82, 2.24) is 4.40 Å². The highest BCUT2D eigenvalue weighted by molar-refractivity contribution is 6.22. The van der Waals surface area contributed by atoms with E-state index >= 15 is 0 Å². The molecule has 1 fully saturated rings. The van der Waals surface area contributed by atoms with Crippen LogP contribution in [0.3, 0.4) is 0 Å². The van der Waals surface area contributed by atoms with Gasteiger partial charge in [-0.3, -0.25) is 0 Å². The van der Waals surface area contributed by atoms with Gasteiger partial charge in [0, 0.05) is 34.0 Å². The molecule has 0 bridgehead atoms. The third-order valence-electron chi connectivity index (χ3n) is 8.36. The van der Waals surface area contributed by atoms with E-state index < -0.39 is 36.8 Å². The van der Waals surface area contributed by atoms with Gasteiger partial charge in [-0.25, -0.2) is 4.79 Å². The van der Waals surface area contributed by atoms with E-state index in [1.165, 1.54) is 33.5 Å². The fourth-order valence-electron chi connectivity index (χ4n) is 6.13. The van der Waals surface area contributed by atoms with E-state index in [0.29, 0.717) is 38.2 Å². The van der Waals surface area contributed by atoms with Gasteiger partial charge in [0.25, 0.3) is 0 Å². The first-order chi connectivity index (χ1) is 22.2. The Kier molecular flexibility index (Phi) is 7.05. The Labute approximate surface area is 259 Å². The number of nitrogens with zero attached hydrogens (tertiary/aromatic N) is 1. The summed E-state index contributed by atoms with van der Waals surface area (Å²) in [6.45, 7) is -0.535. The van der Waals surface area contributed by atoms with Gasteiger partial charge < -0.3 is 58.0 Å². The predicted molar refractivity (Wildman–Crippen MR) is 165 cm³/mol. The molecule has 1 aliphatic heterocycles. The molecule has 13 heteroatoms. The Morgan fingerprint density at radius 3 is 2.22 bits per heavy atom. The normalized spacial score (nSPS) is 19.8. The van der Waals surface area contributed by atoms with E-state index in [2.05, 4.69) is 0 Å². The number of aromatic hydroxyl groups is 2. The van der Waals surface area contributed by atoms with Gasteiger partial charge in [0.1, 0.15) is 29.4 Å². The van der Waals surface area contributed by atoms with Crippen molar-refractivity contribution in [3.63, 3.8) is 0 Å². The van der Waals surface area contributed by atoms with Crippen molar-refractivity contribution in [3.8, 4) is 45.6 Å². The largest absolute Gasteiger partial charge is 0.504 e. The third kappa shape index (κ3) is 4.35. The zero-order valence-electron chi connectivity index (χ0n) is 24.8. The van der Waals surface area contributed by atoms with E-state index in [4.69, 9.17) is 28.1 Å². The number of ether oxygens (including phenoxy) is 5. The van der Waals surface area contributed by atoms with E-state index in [9.17, 15) is 30.3 Å². The Morgan fingerprint density at radius 2 is 1.52 bits per heavy atom. The minimum atomic E-state index is -1.47. The lowest BCUT2D eigenvalue weighted by Gasteiger charge is -2.19. The molecule has 0 amide bonds. The Morgan fingerprint density at radius 1 is 0.804 bits per heavy atom. The SMILES string of the molecule is COc1cc(-c2c3c4cc(OC)c(O[C@@H]5O[C@H](CO)[C@@H](O)[C@H]5O)cc4oc(=O)c3n3ccc4cc(O)c(OC)cc4c23)ccc1O. The molecule has 238 valence electrons. The average Bonchev–Trinajstić information content (AvgIpc) is 3.55. The quantitative estimate of drug-likeness (QED) is 0.163. The zero-order valence-corrected chi connectivity index (χ0v) is 24.8. The molecule has 1 aliphatic rings. The van der Waals surface area contributed by atoms with Crippen molar-refractivity contribution in [3.05, 3.63) is 65.1 Å². The molecule has 4 atom stereocenters. The maximum atomic E-state index is 13.8. The molecule has 5 N–H and O–H groups in total. The van der Waals surface area contributed by atoms with Gasteiger partial charge >= 0.3 is 5.63 Å². The van der Waals surface area contributed by atoms with Crippen LogP contribution in [-0.2, 0) is 4.74 Å². The van der Waals surface area contributed by atoms with Crippen molar-refractivity contribution in [2.45, 2.75) is 24.6 Å². The molecule has 46 heavy (non-hydrogen) atoms. The number of aliphatic hydroxyl groups is 3. The van der Waals surface area contributed by atoms with Crippen molar-refractivity contribution in [2.24, 2.45) is 0 Å². The first kappa shape index (κ1) is 29.5. The minimum absolute atomic E-state index is 0.0506. The number of hydrogen-bond acceptors (Lipinski definition) is 12. The lowest BCUT2D eigenvalue weighted by atomic mass is 9.98. The molecular weight excluding hydrogens is 602 g/mol. The summed E-state index contributed by atoms with van der Waals surface area (Å²) in [5, 5.41) is 53.3. The first-order valence-electron chi connectivity index (χ1n) is 14.2. The van der Waals surface area contributed by atoms with Crippen LogP contribution in [0.25, 0.3) is 49.3 Å². The first-order valence-corrected chi connectivity index (χ1v) is 14.2. The molecule has 13 nitrogen and oxygen atoms in total. The van der Waals surface area contributed by atoms with Crippen LogP contribution in [0, 0.1) is 0 Å². The van der Waals surface area contributed by atoms with E-state index in [0.717, 1.165) is 0 Å². The van der Waals surface area contributed by atoms with Gasteiger partial charge in [0.05, 0.1) is 33.5 Å². The van der Waals surface area contributed by atoms with Crippen LogP contribution in [0.1, 0.15) is 0 Å². The second-order valence-corrected chi connectivity index (χ2v) is 10.8. The summed E-state index contributed by atoms with van der Waals surface area (Å²) < 4.78 is 35.3. The molecule has 3 aromatic carbocycles. The molecule has 0 radical (unpaired) electrons. The number of aromatic nitrogens is 1. The van der Waals surface area contributed by atoms with Crippen LogP contribution in [-0.4, -0.2) is 82.5 Å². The highest BCUT2D eigenvalue weighted by atomic mass is 16.7. The number of aliphatic hydroxyl groups excluding tert-OH is 3. The number of phenols is 2. The summed E-state index contributed by atoms with van der Waals surface area (Å²) in [4.78, 5) is 13.8. The van der Waals surface area contributed by atoms with Crippen molar-refractivity contribution < 1.29 is 53.6 Å². The maximum Gasteiger partial charge on any atom is 0.361 e. The Bertz CT molecular complexity index is 2220. The summed E-state index contributed by atoms with van der Waals surface area (Å²) >= 11 is 0. The molecule has 0 unspecified atom stereocenters. The molecule has 6 aromatic rings. The monoisotopic (exact) mass is 631 g/mol. The molecule has 4 heterocycles. The van der Waals surface area contributed by atoms with Crippen LogP contribution in [0.4, 0.5) is 0 Å². The van der Waals surface area contributed by atoms with Crippen LogP contribution in [0.15, 0.2) is 63.9 Å². The second-order valence-electron chi connectivity index (χ2n) is 10.8. The van der Waals surface area contributed by atoms with Gasteiger partial charge in [-0.1, -0.05) is 6.07 Å². The van der Waals surface area contributed by atoms with Crippen LogP contribution >= 0.6 is 0 Å². The number of benzene rings is 3. The molecule has 3 aromatic heterocycles. The number of hydrogen-bond donors (Lipinski definition) is 5. The maximum absolute atomic E-state index is 13.8. The number of rotatable bonds is 7. The fraction of sp³-hybridized carbons (Fsp3) is 0.242. The number of phenolic OH excluding ortho intramolecular Hbond substituents is 2. The number of pyridine rings is 1. The topological polar surface area (TPSA) is 182 Å². The summed E-state index contributed by atoms with van der Waals surface area (Å²) in [5.74, 6) is 0.550. The van der Waals surface area contributed by atoms with E-state index in [1.54, 1.807) is 47.0 Å². The second kappa shape index (κ2) is 11.0. The molecule has 7 rings (SSSR count). The highest BCUT2D eigenvalue weighted by Crippen LogP contribution is 2.46. The average molecular weight is 632 g/mol. The van der Waals surface area contributed by atoms with Gasteiger partial charge in [0.15, 0.2) is 34.5 Å². The van der Waals surface area contributed by atoms with Gasteiger partial charge in [-0.15, -0.1) is 0 Å². The summed E-state index contributed by atoms with van der Waals surface area (Å²) in [6, 6.07) is 12.9. The fourth-order valence-corrected chi connectivity index (χ4v) is 6.13.